The second-order valence-corrected chi connectivity index (χ2v) is 6.28. The molecule has 0 unspecified atom stereocenters. The van der Waals surface area contributed by atoms with Gasteiger partial charge in [0.25, 0.3) is 0 Å². The molecule has 2 N–H and O–H groups in total. The van der Waals surface area contributed by atoms with Crippen LogP contribution in [-0.2, 0) is 4.74 Å². The van der Waals surface area contributed by atoms with E-state index in [9.17, 15) is 9.59 Å². The van der Waals surface area contributed by atoms with Crippen LogP contribution in [0, 0.1) is 0 Å². The molecule has 1 saturated heterocycles. The van der Waals surface area contributed by atoms with Crippen molar-refractivity contribution in [2.24, 2.45) is 0 Å². The normalized spacial score (nSPS) is 15.8. The van der Waals surface area contributed by atoms with Crippen molar-refractivity contribution >= 4 is 12.1 Å². The predicted octanol–water partition coefficient (Wildman–Crippen LogP) is 0.467. The van der Waals surface area contributed by atoms with Gasteiger partial charge in [-0.1, -0.05) is 0 Å². The SMILES string of the molecule is CN(C)CCNC(=O)N1CC(NC(=O)OC(C)(C)C)C1. The zero-order chi connectivity index (χ0) is 15.3. The lowest BCUT2D eigenvalue weighted by molar-refractivity contribution is 0.0433. The van der Waals surface area contributed by atoms with Gasteiger partial charge in [0.05, 0.1) is 6.04 Å². The lowest BCUT2D eigenvalue weighted by atomic mass is 10.1. The van der Waals surface area contributed by atoms with E-state index in [1.807, 2.05) is 39.8 Å². The van der Waals surface area contributed by atoms with Gasteiger partial charge in [-0.15, -0.1) is 0 Å². The number of nitrogens with one attached hydrogen (secondary N) is 2. The summed E-state index contributed by atoms with van der Waals surface area (Å²) < 4.78 is 5.16. The zero-order valence-electron chi connectivity index (χ0n) is 13.0. The molecular formula is C13H26N4O3. The van der Waals surface area contributed by atoms with Gasteiger partial charge in [0, 0.05) is 26.2 Å². The topological polar surface area (TPSA) is 73.9 Å². The predicted molar refractivity (Wildman–Crippen MR) is 76.7 cm³/mol. The first-order valence-corrected chi connectivity index (χ1v) is 6.84. The Morgan fingerprint density at radius 1 is 1.30 bits per heavy atom. The van der Waals surface area contributed by atoms with Crippen molar-refractivity contribution in [1.82, 2.24) is 20.4 Å². The van der Waals surface area contributed by atoms with E-state index in [-0.39, 0.29) is 12.1 Å². The highest BCUT2D eigenvalue weighted by atomic mass is 16.6. The number of carbonyl (C=O) groups excluding carboxylic acids is 2. The summed E-state index contributed by atoms with van der Waals surface area (Å²) >= 11 is 0. The third-order valence-corrected chi connectivity index (χ3v) is 2.72. The first-order chi connectivity index (χ1) is 9.17. The van der Waals surface area contributed by atoms with Gasteiger partial charge in [-0.2, -0.15) is 0 Å². The molecule has 116 valence electrons. The largest absolute Gasteiger partial charge is 0.444 e. The van der Waals surface area contributed by atoms with Gasteiger partial charge >= 0.3 is 12.1 Å². The number of hydrogen-bond donors (Lipinski definition) is 2. The van der Waals surface area contributed by atoms with Crippen molar-refractivity contribution < 1.29 is 14.3 Å². The minimum Gasteiger partial charge on any atom is -0.444 e. The van der Waals surface area contributed by atoms with Crippen molar-refractivity contribution in [3.63, 3.8) is 0 Å². The molecule has 20 heavy (non-hydrogen) atoms. The fraction of sp³-hybridized carbons (Fsp3) is 0.846. The molecule has 0 saturated carbocycles. The summed E-state index contributed by atoms with van der Waals surface area (Å²) in [6.45, 7) is 7.92. The summed E-state index contributed by atoms with van der Waals surface area (Å²) in [7, 11) is 3.91. The number of nitrogens with zero attached hydrogens (tertiary/aromatic N) is 2. The fourth-order valence-corrected chi connectivity index (χ4v) is 1.71. The molecule has 0 spiro atoms. The number of alkyl carbamates (subject to hydrolysis) is 1. The summed E-state index contributed by atoms with van der Waals surface area (Å²) in [5.74, 6) is 0. The van der Waals surface area contributed by atoms with Gasteiger partial charge in [0.2, 0.25) is 0 Å². The van der Waals surface area contributed by atoms with Crippen LogP contribution in [0.25, 0.3) is 0 Å². The third-order valence-electron chi connectivity index (χ3n) is 2.72. The Morgan fingerprint density at radius 2 is 1.90 bits per heavy atom. The van der Waals surface area contributed by atoms with Gasteiger partial charge in [-0.3, -0.25) is 0 Å². The Kier molecular flexibility index (Phi) is 5.62. The molecule has 3 amide bonds. The first-order valence-electron chi connectivity index (χ1n) is 6.84. The quantitative estimate of drug-likeness (QED) is 0.788. The van der Waals surface area contributed by atoms with Crippen molar-refractivity contribution in [2.75, 3.05) is 40.3 Å². The smallest absolute Gasteiger partial charge is 0.407 e. The Labute approximate surface area is 120 Å². The molecule has 1 rings (SSSR count). The van der Waals surface area contributed by atoms with Crippen LogP contribution >= 0.6 is 0 Å². The van der Waals surface area contributed by atoms with Crippen LogP contribution in [0.1, 0.15) is 20.8 Å². The first kappa shape index (κ1) is 16.6. The van der Waals surface area contributed by atoms with Crippen LogP contribution < -0.4 is 10.6 Å². The lowest BCUT2D eigenvalue weighted by Gasteiger charge is -2.39. The van der Waals surface area contributed by atoms with E-state index in [2.05, 4.69) is 10.6 Å². The van der Waals surface area contributed by atoms with Crippen molar-refractivity contribution in [1.29, 1.82) is 0 Å². The van der Waals surface area contributed by atoms with E-state index in [0.717, 1.165) is 6.54 Å². The van der Waals surface area contributed by atoms with Gasteiger partial charge < -0.3 is 25.2 Å². The molecular weight excluding hydrogens is 260 g/mol. The molecule has 1 heterocycles. The Balaban J connectivity index is 2.16. The average molecular weight is 286 g/mol. The molecule has 0 aromatic carbocycles. The minimum absolute atomic E-state index is 0.0237. The summed E-state index contributed by atoms with van der Waals surface area (Å²) in [6.07, 6.45) is -0.435. The molecule has 1 fully saturated rings. The van der Waals surface area contributed by atoms with Crippen LogP contribution in [0.15, 0.2) is 0 Å². The van der Waals surface area contributed by atoms with Gasteiger partial charge in [0.15, 0.2) is 0 Å². The number of ether oxygens (including phenoxy) is 1. The minimum atomic E-state index is -0.503. The number of carbonyl (C=O) groups is 2. The maximum atomic E-state index is 11.7. The summed E-state index contributed by atoms with van der Waals surface area (Å²) in [5.41, 5.74) is -0.503. The molecule has 0 aliphatic carbocycles. The molecule has 0 aromatic rings. The standard InChI is InChI=1S/C13H26N4O3/c1-13(2,3)20-12(19)15-10-8-17(9-10)11(18)14-6-7-16(4)5/h10H,6-9H2,1-5H3,(H,14,18)(H,15,19). The van der Waals surface area contributed by atoms with E-state index in [1.54, 1.807) is 4.90 Å². The molecule has 7 heteroatoms. The van der Waals surface area contributed by atoms with E-state index < -0.39 is 11.7 Å². The summed E-state index contributed by atoms with van der Waals surface area (Å²) in [6, 6.07) is -0.112. The van der Waals surface area contributed by atoms with Crippen LogP contribution in [0.2, 0.25) is 0 Å². The lowest BCUT2D eigenvalue weighted by Crippen LogP contribution is -2.63. The zero-order valence-corrected chi connectivity index (χ0v) is 13.0. The van der Waals surface area contributed by atoms with Gasteiger partial charge in [-0.25, -0.2) is 9.59 Å². The third kappa shape index (κ3) is 6.10. The van der Waals surface area contributed by atoms with Crippen LogP contribution in [0.5, 0.6) is 0 Å². The Morgan fingerprint density at radius 3 is 2.40 bits per heavy atom. The molecule has 0 radical (unpaired) electrons. The van der Waals surface area contributed by atoms with E-state index in [0.29, 0.717) is 19.6 Å². The molecule has 0 bridgehead atoms. The maximum absolute atomic E-state index is 11.7. The number of likely N-dealkylation sites (N-methyl/N-ethyl adjacent to an activating group) is 1. The van der Waals surface area contributed by atoms with E-state index >= 15 is 0 Å². The Hall–Kier alpha value is -1.50. The van der Waals surface area contributed by atoms with Crippen LogP contribution in [0.4, 0.5) is 9.59 Å². The van der Waals surface area contributed by atoms with Crippen molar-refractivity contribution in [2.45, 2.75) is 32.4 Å². The summed E-state index contributed by atoms with van der Waals surface area (Å²) in [4.78, 5) is 26.9. The highest BCUT2D eigenvalue weighted by molar-refractivity contribution is 5.76. The highest BCUT2D eigenvalue weighted by Crippen LogP contribution is 2.10. The molecule has 7 nitrogen and oxygen atoms in total. The number of amides is 3. The van der Waals surface area contributed by atoms with E-state index in [4.69, 9.17) is 4.74 Å². The summed E-state index contributed by atoms with van der Waals surface area (Å²) in [5, 5.41) is 5.57. The average Bonchev–Trinajstić information content (AvgIpc) is 2.19. The number of likely N-dealkylation sites (tertiary alicyclic amines) is 1. The maximum Gasteiger partial charge on any atom is 0.407 e. The van der Waals surface area contributed by atoms with Crippen LogP contribution in [0.3, 0.4) is 0 Å². The van der Waals surface area contributed by atoms with Crippen molar-refractivity contribution in [3.8, 4) is 0 Å². The monoisotopic (exact) mass is 286 g/mol. The fourth-order valence-electron chi connectivity index (χ4n) is 1.71. The number of rotatable bonds is 4. The van der Waals surface area contributed by atoms with Gasteiger partial charge in [0.1, 0.15) is 5.60 Å². The van der Waals surface area contributed by atoms with Crippen molar-refractivity contribution in [3.05, 3.63) is 0 Å². The number of hydrogen-bond acceptors (Lipinski definition) is 4. The number of urea groups is 1. The molecule has 1 aliphatic rings. The molecule has 0 aromatic heterocycles. The van der Waals surface area contributed by atoms with E-state index in [1.165, 1.54) is 0 Å². The Bertz CT molecular complexity index is 346. The molecule has 1 aliphatic heterocycles. The van der Waals surface area contributed by atoms with Gasteiger partial charge in [-0.05, 0) is 34.9 Å². The second kappa shape index (κ2) is 6.78. The molecule has 0 atom stereocenters. The second-order valence-electron chi connectivity index (χ2n) is 6.28. The van der Waals surface area contributed by atoms with Crippen LogP contribution in [-0.4, -0.2) is 73.8 Å². The highest BCUT2D eigenvalue weighted by Gasteiger charge is 2.32.